The van der Waals surface area contributed by atoms with Crippen LogP contribution in [0, 0.1) is 0 Å². The Kier molecular flexibility index (Phi) is 5.50. The molecule has 0 bridgehead atoms. The van der Waals surface area contributed by atoms with E-state index in [0.29, 0.717) is 12.6 Å². The first-order valence-corrected chi connectivity index (χ1v) is 8.76. The number of rotatable bonds is 6. The monoisotopic (exact) mass is 307 g/mol. The van der Waals surface area contributed by atoms with Crippen LogP contribution in [0.25, 0.3) is 0 Å². The highest BCUT2D eigenvalue weighted by atomic mass is 16.5. The molecule has 2 fully saturated rings. The Bertz CT molecular complexity index is 420. The van der Waals surface area contributed by atoms with Gasteiger partial charge in [0.2, 0.25) is 5.91 Å². The number of hydrogen-bond donors (Lipinski definition) is 1. The van der Waals surface area contributed by atoms with Crippen LogP contribution < -0.4 is 5.32 Å². The third-order valence-corrected chi connectivity index (χ3v) is 4.75. The zero-order valence-corrected chi connectivity index (χ0v) is 13.7. The molecule has 0 radical (unpaired) electrons. The van der Waals surface area contributed by atoms with Crippen molar-refractivity contribution in [3.8, 4) is 0 Å². The topological polar surface area (TPSA) is 44.8 Å². The molecule has 1 amide bonds. The number of carbonyl (C=O) groups is 1. The Morgan fingerprint density at radius 2 is 2.32 bits per heavy atom. The lowest BCUT2D eigenvalue weighted by Crippen LogP contribution is -2.47. The Balaban J connectivity index is 1.46. The van der Waals surface area contributed by atoms with E-state index in [1.165, 1.54) is 31.4 Å². The van der Waals surface area contributed by atoms with Gasteiger partial charge >= 0.3 is 0 Å². The molecule has 1 aliphatic heterocycles. The number of hydrogen-bond acceptors (Lipinski definition) is 4. The molecule has 22 heavy (non-hydrogen) atoms. The first-order chi connectivity index (χ1) is 10.7. The van der Waals surface area contributed by atoms with E-state index in [1.54, 1.807) is 0 Å². The van der Waals surface area contributed by atoms with E-state index in [-0.39, 0.29) is 12.0 Å². The van der Waals surface area contributed by atoms with Crippen LogP contribution in [-0.2, 0) is 9.53 Å². The van der Waals surface area contributed by atoms with Crippen molar-refractivity contribution in [2.24, 2.45) is 0 Å². The number of likely N-dealkylation sites (N-methyl/N-ethyl adjacent to an activating group) is 1. The Morgan fingerprint density at radius 3 is 3.00 bits per heavy atom. The van der Waals surface area contributed by atoms with Gasteiger partial charge in [-0.2, -0.15) is 0 Å². The molecule has 0 aromatic carbocycles. The van der Waals surface area contributed by atoms with Crippen molar-refractivity contribution in [3.63, 3.8) is 0 Å². The van der Waals surface area contributed by atoms with E-state index in [9.17, 15) is 4.79 Å². The summed E-state index contributed by atoms with van der Waals surface area (Å²) in [6.07, 6.45) is 9.49. The van der Waals surface area contributed by atoms with Crippen molar-refractivity contribution >= 4 is 5.91 Å². The molecular weight excluding hydrogens is 278 g/mol. The van der Waals surface area contributed by atoms with Gasteiger partial charge < -0.3 is 19.9 Å². The Morgan fingerprint density at radius 1 is 1.45 bits per heavy atom. The predicted molar refractivity (Wildman–Crippen MR) is 86.5 cm³/mol. The molecule has 0 aromatic rings. The number of allylic oxidation sites excluding steroid dienone is 2. The van der Waals surface area contributed by atoms with Gasteiger partial charge in [-0.25, -0.2) is 0 Å². The molecule has 5 heteroatoms. The van der Waals surface area contributed by atoms with Crippen molar-refractivity contribution in [3.05, 3.63) is 11.8 Å². The van der Waals surface area contributed by atoms with Crippen LogP contribution in [0.4, 0.5) is 0 Å². The predicted octanol–water partition coefficient (Wildman–Crippen LogP) is 1.36. The molecule has 1 atom stereocenters. The van der Waals surface area contributed by atoms with Crippen molar-refractivity contribution in [1.82, 2.24) is 15.1 Å². The molecule has 1 N–H and O–H groups in total. The highest BCUT2D eigenvalue weighted by molar-refractivity contribution is 5.80. The fraction of sp³-hybridized carbons (Fsp3) is 0.824. The molecular formula is C17H29N3O2. The summed E-state index contributed by atoms with van der Waals surface area (Å²) in [5, 5.41) is 3.31. The zero-order valence-electron chi connectivity index (χ0n) is 13.7. The smallest absolute Gasteiger partial charge is 0.240 e. The summed E-state index contributed by atoms with van der Waals surface area (Å²) in [4.78, 5) is 17.0. The Hall–Kier alpha value is -0.910. The van der Waals surface area contributed by atoms with E-state index in [4.69, 9.17) is 4.74 Å². The van der Waals surface area contributed by atoms with Gasteiger partial charge in [-0.1, -0.05) is 6.08 Å². The minimum Gasteiger partial charge on any atom is -0.374 e. The van der Waals surface area contributed by atoms with E-state index in [1.807, 2.05) is 0 Å². The van der Waals surface area contributed by atoms with E-state index >= 15 is 0 Å². The lowest BCUT2D eigenvalue weighted by atomic mass is 10.0. The largest absolute Gasteiger partial charge is 0.374 e. The average molecular weight is 307 g/mol. The third-order valence-electron chi connectivity index (χ3n) is 4.75. The quantitative estimate of drug-likeness (QED) is 0.805. The molecule has 0 aromatic heterocycles. The van der Waals surface area contributed by atoms with Crippen molar-refractivity contribution in [2.45, 2.75) is 50.7 Å². The van der Waals surface area contributed by atoms with E-state index < -0.39 is 0 Å². The van der Waals surface area contributed by atoms with Crippen LogP contribution >= 0.6 is 0 Å². The molecule has 1 heterocycles. The van der Waals surface area contributed by atoms with Gasteiger partial charge in [0, 0.05) is 31.4 Å². The van der Waals surface area contributed by atoms with E-state index in [2.05, 4.69) is 28.2 Å². The number of carbonyl (C=O) groups excluding carboxylic acids is 1. The number of nitrogens with zero attached hydrogens (tertiary/aromatic N) is 2. The van der Waals surface area contributed by atoms with Crippen LogP contribution in [0.5, 0.6) is 0 Å². The van der Waals surface area contributed by atoms with Gasteiger partial charge in [0.05, 0.1) is 19.3 Å². The second-order valence-electron chi connectivity index (χ2n) is 6.82. The fourth-order valence-electron chi connectivity index (χ4n) is 3.39. The maximum Gasteiger partial charge on any atom is 0.240 e. The van der Waals surface area contributed by atoms with Crippen LogP contribution in [-0.4, -0.2) is 67.7 Å². The number of ether oxygens (including phenoxy) is 1. The molecule has 3 aliphatic rings. The normalized spacial score (nSPS) is 26.6. The number of nitrogens with one attached hydrogen (secondary N) is 1. The molecule has 0 unspecified atom stereocenters. The molecule has 124 valence electrons. The summed E-state index contributed by atoms with van der Waals surface area (Å²) >= 11 is 0. The average Bonchev–Trinajstić information content (AvgIpc) is 3.33. The lowest BCUT2D eigenvalue weighted by molar-refractivity contribution is -0.129. The maximum absolute atomic E-state index is 12.6. The second-order valence-corrected chi connectivity index (χ2v) is 6.82. The maximum atomic E-state index is 12.6. The molecule has 2 aliphatic carbocycles. The minimum absolute atomic E-state index is 0.204. The van der Waals surface area contributed by atoms with Gasteiger partial charge in [-0.3, -0.25) is 4.79 Å². The van der Waals surface area contributed by atoms with Crippen molar-refractivity contribution < 1.29 is 9.53 Å². The minimum atomic E-state index is 0.204. The lowest BCUT2D eigenvalue weighted by Gasteiger charge is -2.31. The first kappa shape index (κ1) is 16.0. The molecule has 1 saturated carbocycles. The van der Waals surface area contributed by atoms with Gasteiger partial charge in [0.1, 0.15) is 0 Å². The van der Waals surface area contributed by atoms with E-state index in [0.717, 1.165) is 39.1 Å². The second kappa shape index (κ2) is 7.57. The summed E-state index contributed by atoms with van der Waals surface area (Å²) in [7, 11) is 2.12. The summed E-state index contributed by atoms with van der Waals surface area (Å²) in [6.45, 7) is 3.92. The van der Waals surface area contributed by atoms with Crippen LogP contribution in [0.15, 0.2) is 11.8 Å². The molecule has 3 rings (SSSR count). The fourth-order valence-corrected chi connectivity index (χ4v) is 3.39. The van der Waals surface area contributed by atoms with Gasteiger partial charge in [-0.05, 0) is 45.6 Å². The van der Waals surface area contributed by atoms with Crippen LogP contribution in [0.1, 0.15) is 38.5 Å². The van der Waals surface area contributed by atoms with Crippen LogP contribution in [0.2, 0.25) is 0 Å². The Labute approximate surface area is 133 Å². The summed E-state index contributed by atoms with van der Waals surface area (Å²) in [5.41, 5.74) is 1.27. The first-order valence-electron chi connectivity index (χ1n) is 8.76. The molecule has 1 saturated heterocycles. The van der Waals surface area contributed by atoms with Crippen LogP contribution in [0.3, 0.4) is 0 Å². The number of amides is 1. The summed E-state index contributed by atoms with van der Waals surface area (Å²) in [5.74, 6) is 0.236. The van der Waals surface area contributed by atoms with Gasteiger partial charge in [0.25, 0.3) is 0 Å². The van der Waals surface area contributed by atoms with Gasteiger partial charge in [-0.15, -0.1) is 0 Å². The zero-order chi connectivity index (χ0) is 15.4. The molecule has 5 nitrogen and oxygen atoms in total. The highest BCUT2D eigenvalue weighted by Crippen LogP contribution is 2.33. The SMILES string of the molecule is CN1CCO[C@@H](CNCC(=O)N(C2=CCCCC2)C2CC2)C1. The third kappa shape index (κ3) is 4.31. The summed E-state index contributed by atoms with van der Waals surface area (Å²) in [6, 6.07) is 0.468. The summed E-state index contributed by atoms with van der Waals surface area (Å²) < 4.78 is 5.73. The highest BCUT2D eigenvalue weighted by Gasteiger charge is 2.34. The molecule has 0 spiro atoms. The number of morpholine rings is 1. The standard InChI is InChI=1S/C17H29N3O2/c1-19-9-10-22-16(13-19)11-18-12-17(21)20(15-7-8-15)14-5-3-2-4-6-14/h5,15-16,18H,2-4,6-13H2,1H3/t16-/m0/s1. The van der Waals surface area contributed by atoms with Crippen molar-refractivity contribution in [2.75, 3.05) is 39.8 Å². The van der Waals surface area contributed by atoms with Gasteiger partial charge in [0.15, 0.2) is 0 Å². The van der Waals surface area contributed by atoms with Crippen molar-refractivity contribution in [1.29, 1.82) is 0 Å².